The van der Waals surface area contributed by atoms with Crippen LogP contribution in [0.1, 0.15) is 32.6 Å². The summed E-state index contributed by atoms with van der Waals surface area (Å²) in [5, 5.41) is 0. The Morgan fingerprint density at radius 1 is 1.29 bits per heavy atom. The van der Waals surface area contributed by atoms with Crippen LogP contribution in [0.3, 0.4) is 0 Å². The molecule has 1 heteroatoms. The molecule has 42 valence electrons. The summed E-state index contributed by atoms with van der Waals surface area (Å²) >= 11 is 0. The second-order valence-corrected chi connectivity index (χ2v) is 3.02. The smallest absolute Gasteiger partial charge is 0.0917 e. The first-order valence-electron chi connectivity index (χ1n) is 3.06. The first-order chi connectivity index (χ1) is 3.21. The number of quaternary nitrogens is 1. The molecule has 3 N–H and O–H groups in total. The van der Waals surface area contributed by atoms with Crippen molar-refractivity contribution in [3.8, 4) is 0 Å². The summed E-state index contributed by atoms with van der Waals surface area (Å²) < 4.78 is 0. The molecule has 0 aromatic heterocycles. The maximum atomic E-state index is 4.07. The summed E-state index contributed by atoms with van der Waals surface area (Å²) in [5.74, 6) is 0. The van der Waals surface area contributed by atoms with Gasteiger partial charge in [-0.1, -0.05) is 0 Å². The van der Waals surface area contributed by atoms with Gasteiger partial charge >= 0.3 is 0 Å². The lowest BCUT2D eigenvalue weighted by Crippen LogP contribution is -2.69. The summed E-state index contributed by atoms with van der Waals surface area (Å²) in [4.78, 5) is 0. The summed E-state index contributed by atoms with van der Waals surface area (Å²) in [5.41, 5.74) is 4.51. The van der Waals surface area contributed by atoms with Crippen molar-refractivity contribution < 1.29 is 5.73 Å². The Hall–Kier alpha value is -0.0400. The SMILES string of the molecule is CC1([NH3+])CCCC1. The van der Waals surface area contributed by atoms with Crippen LogP contribution in [0.25, 0.3) is 0 Å². The van der Waals surface area contributed by atoms with E-state index in [0.29, 0.717) is 5.54 Å². The van der Waals surface area contributed by atoms with E-state index in [1.54, 1.807) is 0 Å². The zero-order valence-electron chi connectivity index (χ0n) is 5.04. The van der Waals surface area contributed by atoms with Crippen LogP contribution in [0, 0.1) is 0 Å². The first kappa shape index (κ1) is 5.10. The summed E-state index contributed by atoms with van der Waals surface area (Å²) in [6.45, 7) is 2.25. The quantitative estimate of drug-likeness (QED) is 0.460. The molecule has 7 heavy (non-hydrogen) atoms. The van der Waals surface area contributed by atoms with Crippen molar-refractivity contribution in [3.63, 3.8) is 0 Å². The van der Waals surface area contributed by atoms with Crippen LogP contribution in [0.5, 0.6) is 0 Å². The van der Waals surface area contributed by atoms with E-state index in [0.717, 1.165) is 0 Å². The van der Waals surface area contributed by atoms with Crippen LogP contribution in [0.2, 0.25) is 0 Å². The Labute approximate surface area is 44.9 Å². The molecule has 0 bridgehead atoms. The fourth-order valence-electron chi connectivity index (χ4n) is 1.23. The largest absolute Gasteiger partial charge is 0.353 e. The van der Waals surface area contributed by atoms with E-state index < -0.39 is 0 Å². The molecule has 1 nitrogen and oxygen atoms in total. The van der Waals surface area contributed by atoms with Gasteiger partial charge in [0.1, 0.15) is 0 Å². The van der Waals surface area contributed by atoms with Crippen molar-refractivity contribution in [1.29, 1.82) is 0 Å². The van der Waals surface area contributed by atoms with Crippen molar-refractivity contribution in [1.82, 2.24) is 0 Å². The maximum Gasteiger partial charge on any atom is 0.0917 e. The van der Waals surface area contributed by atoms with Gasteiger partial charge in [-0.15, -0.1) is 0 Å². The van der Waals surface area contributed by atoms with Gasteiger partial charge in [0.25, 0.3) is 0 Å². The van der Waals surface area contributed by atoms with Gasteiger partial charge < -0.3 is 5.73 Å². The Morgan fingerprint density at radius 2 is 1.71 bits per heavy atom. The van der Waals surface area contributed by atoms with E-state index in [-0.39, 0.29) is 0 Å². The molecule has 0 heterocycles. The van der Waals surface area contributed by atoms with Gasteiger partial charge in [0, 0.05) is 12.8 Å². The number of rotatable bonds is 0. The highest BCUT2D eigenvalue weighted by Crippen LogP contribution is 2.23. The van der Waals surface area contributed by atoms with Crippen LogP contribution < -0.4 is 5.73 Å². The third-order valence-corrected chi connectivity index (χ3v) is 1.81. The Kier molecular flexibility index (Phi) is 1.08. The average molecular weight is 100 g/mol. The average Bonchev–Trinajstić information content (AvgIpc) is 1.84. The van der Waals surface area contributed by atoms with Crippen LogP contribution in [0.4, 0.5) is 0 Å². The Balaban J connectivity index is 2.40. The molecule has 1 aliphatic carbocycles. The van der Waals surface area contributed by atoms with E-state index in [4.69, 9.17) is 0 Å². The van der Waals surface area contributed by atoms with E-state index in [1.807, 2.05) is 0 Å². The number of hydrogen-bond acceptors (Lipinski definition) is 0. The van der Waals surface area contributed by atoms with Gasteiger partial charge in [-0.25, -0.2) is 0 Å². The van der Waals surface area contributed by atoms with Gasteiger partial charge in [-0.3, -0.25) is 0 Å². The van der Waals surface area contributed by atoms with Crippen LogP contribution >= 0.6 is 0 Å². The van der Waals surface area contributed by atoms with Gasteiger partial charge in [-0.05, 0) is 19.8 Å². The fourth-order valence-corrected chi connectivity index (χ4v) is 1.23. The highest BCUT2D eigenvalue weighted by Gasteiger charge is 2.26. The van der Waals surface area contributed by atoms with Gasteiger partial charge in [0.15, 0.2) is 0 Å². The zero-order chi connectivity index (χ0) is 5.33. The zero-order valence-corrected chi connectivity index (χ0v) is 5.04. The lowest BCUT2D eigenvalue weighted by Gasteiger charge is -2.09. The van der Waals surface area contributed by atoms with Gasteiger partial charge in [0.2, 0.25) is 0 Å². The molecule has 0 aromatic carbocycles. The molecular formula is C6H14N+. The maximum absolute atomic E-state index is 4.07. The second kappa shape index (κ2) is 1.48. The molecule has 0 aliphatic heterocycles. The van der Waals surface area contributed by atoms with E-state index in [9.17, 15) is 0 Å². The minimum atomic E-state index is 0.444. The Bertz CT molecular complexity index is 58.6. The molecular weight excluding hydrogens is 86.1 g/mol. The van der Waals surface area contributed by atoms with Crippen molar-refractivity contribution >= 4 is 0 Å². The number of hydrogen-bond donors (Lipinski definition) is 1. The van der Waals surface area contributed by atoms with E-state index in [1.165, 1.54) is 25.7 Å². The predicted octanol–water partition coefficient (Wildman–Crippen LogP) is 0.561. The predicted molar refractivity (Wildman–Crippen MR) is 29.8 cm³/mol. The molecule has 0 atom stereocenters. The van der Waals surface area contributed by atoms with Crippen molar-refractivity contribution in [2.45, 2.75) is 38.1 Å². The van der Waals surface area contributed by atoms with Gasteiger partial charge in [0.05, 0.1) is 5.54 Å². The minimum absolute atomic E-state index is 0.444. The second-order valence-electron chi connectivity index (χ2n) is 3.02. The third kappa shape index (κ3) is 1.16. The summed E-state index contributed by atoms with van der Waals surface area (Å²) in [7, 11) is 0. The molecule has 1 fully saturated rings. The van der Waals surface area contributed by atoms with Crippen molar-refractivity contribution in [2.75, 3.05) is 0 Å². The molecule has 0 saturated heterocycles. The van der Waals surface area contributed by atoms with Crippen molar-refractivity contribution in [2.24, 2.45) is 0 Å². The van der Waals surface area contributed by atoms with Crippen LogP contribution in [-0.2, 0) is 0 Å². The molecule has 0 aromatic rings. The molecule has 0 amide bonds. The Morgan fingerprint density at radius 3 is 1.86 bits per heavy atom. The van der Waals surface area contributed by atoms with Gasteiger partial charge in [-0.2, -0.15) is 0 Å². The minimum Gasteiger partial charge on any atom is -0.353 e. The monoisotopic (exact) mass is 100 g/mol. The highest BCUT2D eigenvalue weighted by atomic mass is 14.7. The molecule has 0 unspecified atom stereocenters. The summed E-state index contributed by atoms with van der Waals surface area (Å²) in [6.07, 6.45) is 5.49. The molecule has 1 aliphatic rings. The highest BCUT2D eigenvalue weighted by molar-refractivity contribution is 4.76. The topological polar surface area (TPSA) is 27.6 Å². The first-order valence-corrected chi connectivity index (χ1v) is 3.06. The molecule has 0 spiro atoms. The third-order valence-electron chi connectivity index (χ3n) is 1.81. The van der Waals surface area contributed by atoms with E-state index >= 15 is 0 Å². The standard InChI is InChI=1S/C6H13N/c1-6(7)4-2-3-5-6/h2-5,7H2,1H3/p+1. The lowest BCUT2D eigenvalue weighted by molar-refractivity contribution is -0.469. The fraction of sp³-hybridized carbons (Fsp3) is 1.00. The van der Waals surface area contributed by atoms with Crippen LogP contribution in [0.15, 0.2) is 0 Å². The molecule has 1 rings (SSSR count). The lowest BCUT2D eigenvalue weighted by atomic mass is 10.0. The summed E-state index contributed by atoms with van der Waals surface area (Å²) in [6, 6.07) is 0. The molecule has 0 radical (unpaired) electrons. The normalized spacial score (nSPS) is 28.3. The molecule has 1 saturated carbocycles. The van der Waals surface area contributed by atoms with Crippen molar-refractivity contribution in [3.05, 3.63) is 0 Å². The van der Waals surface area contributed by atoms with E-state index in [2.05, 4.69) is 12.7 Å². The van der Waals surface area contributed by atoms with Crippen LogP contribution in [-0.4, -0.2) is 5.54 Å².